The number of aliphatic carboxylic acids is 4. The van der Waals surface area contributed by atoms with Crippen LogP contribution in [0.3, 0.4) is 0 Å². The molecule has 0 saturated carbocycles. The van der Waals surface area contributed by atoms with Gasteiger partial charge in [-0.05, 0) is 0 Å². The molecule has 0 saturated heterocycles. The van der Waals surface area contributed by atoms with Crippen molar-refractivity contribution >= 4 is 47.5 Å². The summed E-state index contributed by atoms with van der Waals surface area (Å²) >= 11 is 0. The second-order valence-corrected chi connectivity index (χ2v) is 17.5. The van der Waals surface area contributed by atoms with Crippen molar-refractivity contribution in [2.45, 2.75) is 57.0 Å². The highest BCUT2D eigenvalue weighted by Gasteiger charge is 2.34. The van der Waals surface area contributed by atoms with Gasteiger partial charge in [0.1, 0.15) is 5.60 Å². The molecule has 0 fully saturated rings. The van der Waals surface area contributed by atoms with Crippen molar-refractivity contribution < 1.29 is 135 Å². The van der Waals surface area contributed by atoms with E-state index in [1.54, 1.807) is 0 Å². The molecule has 32 heteroatoms. The van der Waals surface area contributed by atoms with Crippen LogP contribution in [0, 0.1) is 0 Å². The molecule has 0 heterocycles. The summed E-state index contributed by atoms with van der Waals surface area (Å²) in [5.41, 5.74) is -1.41. The standard InChI is InChI=1S/C52H94N4O28/c57-44(53-9-21-73-29-37-77-33-25-69-16-5-48(61)62)1-13-81-41-52(84-20-4-47(60)56-12-24-76-32-40-80-36-28-72-19-8-51(67)68,42-82-14-2-45(58)54-10-22-74-30-38-78-34-26-70-17-6-49(63)64)43-83-15-3-46(59)55-11-23-75-31-39-79-35-27-71-18-7-50(65)66/h1-43H2,(H,53,57)(H,54,58)(H,55,59)(H,56,60)(H,61,62)(H,63,64)(H,65,66)(H,67,68). The van der Waals surface area contributed by atoms with Crippen LogP contribution in [-0.2, 0) is 114 Å². The Bertz CT molecular complexity index is 1530. The van der Waals surface area contributed by atoms with Gasteiger partial charge in [0, 0.05) is 51.9 Å². The average molecular weight is 1220 g/mol. The van der Waals surface area contributed by atoms with Crippen molar-refractivity contribution in [2.75, 3.05) is 231 Å². The fraction of sp³-hybridized carbons (Fsp3) is 0.846. The second kappa shape index (κ2) is 59.8. The molecule has 0 aromatic carbocycles. The highest BCUT2D eigenvalue weighted by Crippen LogP contribution is 2.16. The number of hydrogen-bond acceptors (Lipinski definition) is 24. The summed E-state index contributed by atoms with van der Waals surface area (Å²) < 4.78 is 88.3. The third-order valence-electron chi connectivity index (χ3n) is 10.3. The lowest BCUT2D eigenvalue weighted by Crippen LogP contribution is -2.48. The van der Waals surface area contributed by atoms with E-state index in [2.05, 4.69) is 21.3 Å². The van der Waals surface area contributed by atoms with E-state index in [1.165, 1.54) is 0 Å². The first kappa shape index (κ1) is 79.1. The van der Waals surface area contributed by atoms with Crippen LogP contribution >= 0.6 is 0 Å². The van der Waals surface area contributed by atoms with Crippen LogP contribution in [0.1, 0.15) is 51.4 Å². The van der Waals surface area contributed by atoms with Gasteiger partial charge in [0.25, 0.3) is 0 Å². The smallest absolute Gasteiger partial charge is 0.305 e. The number of carboxylic acids is 4. The first-order valence-corrected chi connectivity index (χ1v) is 28.0. The SMILES string of the molecule is O=C(O)CCOCCOCCOCCNC(=O)CCOCC(COCCC(=O)NCCOCCOCCOCCC(=O)O)(COCCC(=O)NCCOCCOCCOCCC(=O)O)OCCC(=O)NCCOCCOCCOCCC(=O)O. The molecule has 0 radical (unpaired) electrons. The van der Waals surface area contributed by atoms with Gasteiger partial charge in [0.15, 0.2) is 0 Å². The molecule has 0 bridgehead atoms. The highest BCUT2D eigenvalue weighted by atomic mass is 16.6. The molecule has 0 aliphatic heterocycles. The van der Waals surface area contributed by atoms with Gasteiger partial charge in [-0.2, -0.15) is 0 Å². The molecular formula is C52H94N4O28. The quantitative estimate of drug-likeness (QED) is 0.0303. The Morgan fingerprint density at radius 2 is 0.405 bits per heavy atom. The minimum Gasteiger partial charge on any atom is -0.481 e. The van der Waals surface area contributed by atoms with E-state index in [-0.39, 0.29) is 306 Å². The number of amides is 4. The van der Waals surface area contributed by atoms with Crippen molar-refractivity contribution in [3.63, 3.8) is 0 Å². The van der Waals surface area contributed by atoms with Gasteiger partial charge in [-0.3, -0.25) is 38.4 Å². The zero-order valence-corrected chi connectivity index (χ0v) is 48.5. The van der Waals surface area contributed by atoms with E-state index in [1.807, 2.05) is 0 Å². The molecule has 4 amide bonds. The van der Waals surface area contributed by atoms with Crippen LogP contribution in [0.5, 0.6) is 0 Å². The summed E-state index contributed by atoms with van der Waals surface area (Å²) in [5.74, 6) is -5.15. The van der Waals surface area contributed by atoms with Crippen molar-refractivity contribution in [1.82, 2.24) is 21.3 Å². The maximum Gasteiger partial charge on any atom is 0.305 e. The Balaban J connectivity index is 5.39. The number of carboxylic acid groups (broad SMARTS) is 4. The molecule has 0 aromatic heterocycles. The predicted molar refractivity (Wildman–Crippen MR) is 290 cm³/mol. The molecule has 84 heavy (non-hydrogen) atoms. The zero-order chi connectivity index (χ0) is 61.7. The minimum absolute atomic E-state index is 0.0491. The lowest BCUT2D eigenvalue weighted by molar-refractivity contribution is -0.170. The Labute approximate surface area is 490 Å². The van der Waals surface area contributed by atoms with E-state index >= 15 is 0 Å². The molecule has 32 nitrogen and oxygen atoms in total. The summed E-state index contributed by atoms with van der Waals surface area (Å²) in [6.45, 7) is 5.22. The first-order chi connectivity index (χ1) is 40.7. The molecule has 0 aliphatic carbocycles. The molecule has 0 unspecified atom stereocenters. The van der Waals surface area contributed by atoms with Crippen LogP contribution < -0.4 is 21.3 Å². The Morgan fingerprint density at radius 1 is 0.226 bits per heavy atom. The maximum atomic E-state index is 12.9. The van der Waals surface area contributed by atoms with E-state index in [9.17, 15) is 38.4 Å². The number of ether oxygens (including phenoxy) is 16. The van der Waals surface area contributed by atoms with Crippen LogP contribution in [0.4, 0.5) is 0 Å². The van der Waals surface area contributed by atoms with E-state index < -0.39 is 29.5 Å². The van der Waals surface area contributed by atoms with Gasteiger partial charge in [0.05, 0.1) is 230 Å². The summed E-state index contributed by atoms with van der Waals surface area (Å²) in [5, 5.41) is 45.6. The van der Waals surface area contributed by atoms with Gasteiger partial charge >= 0.3 is 23.9 Å². The molecule has 8 N–H and O–H groups in total. The number of carbonyl (C=O) groups excluding carboxylic acids is 4. The van der Waals surface area contributed by atoms with Crippen LogP contribution in [-0.4, -0.2) is 305 Å². The summed E-state index contributed by atoms with van der Waals surface area (Å²) in [6, 6.07) is 0. The molecule has 0 rings (SSSR count). The zero-order valence-electron chi connectivity index (χ0n) is 48.5. The Morgan fingerprint density at radius 3 is 0.619 bits per heavy atom. The topological polar surface area (TPSA) is 413 Å². The number of carbonyl (C=O) groups is 8. The second-order valence-electron chi connectivity index (χ2n) is 17.5. The highest BCUT2D eigenvalue weighted by molar-refractivity contribution is 5.77. The Hall–Kier alpha value is -4.88. The van der Waals surface area contributed by atoms with Crippen LogP contribution in [0.25, 0.3) is 0 Å². The number of nitrogens with one attached hydrogen (secondary N) is 4. The lowest BCUT2D eigenvalue weighted by atomic mass is 10.1. The van der Waals surface area contributed by atoms with E-state index in [0.717, 1.165) is 0 Å². The normalized spacial score (nSPS) is 11.4. The molecular weight excluding hydrogens is 1130 g/mol. The molecule has 0 spiro atoms. The van der Waals surface area contributed by atoms with Crippen molar-refractivity contribution in [1.29, 1.82) is 0 Å². The van der Waals surface area contributed by atoms with E-state index in [0.29, 0.717) is 0 Å². The van der Waals surface area contributed by atoms with Gasteiger partial charge in [0.2, 0.25) is 23.6 Å². The summed E-state index contributed by atoms with van der Waals surface area (Å²) in [4.78, 5) is 93.2. The van der Waals surface area contributed by atoms with Gasteiger partial charge in [-0.15, -0.1) is 0 Å². The predicted octanol–water partition coefficient (Wildman–Crippen LogP) is -2.09. The van der Waals surface area contributed by atoms with Gasteiger partial charge in [-0.25, -0.2) is 0 Å². The van der Waals surface area contributed by atoms with Gasteiger partial charge < -0.3 is 117 Å². The van der Waals surface area contributed by atoms with Crippen molar-refractivity contribution in [2.24, 2.45) is 0 Å². The van der Waals surface area contributed by atoms with Crippen LogP contribution in [0.2, 0.25) is 0 Å². The fourth-order valence-electron chi connectivity index (χ4n) is 6.09. The fourth-order valence-corrected chi connectivity index (χ4v) is 6.09. The summed E-state index contributed by atoms with van der Waals surface area (Å²) in [7, 11) is 0. The first-order valence-electron chi connectivity index (χ1n) is 28.0. The van der Waals surface area contributed by atoms with Gasteiger partial charge in [-0.1, -0.05) is 0 Å². The van der Waals surface area contributed by atoms with Crippen molar-refractivity contribution in [3.8, 4) is 0 Å². The molecule has 490 valence electrons. The number of hydrogen-bond donors (Lipinski definition) is 8. The van der Waals surface area contributed by atoms with E-state index in [4.69, 9.17) is 96.2 Å². The molecule has 0 aromatic rings. The van der Waals surface area contributed by atoms with Crippen molar-refractivity contribution in [3.05, 3.63) is 0 Å². The third-order valence-corrected chi connectivity index (χ3v) is 10.3. The third kappa shape index (κ3) is 60.2. The minimum atomic E-state index is -1.41. The van der Waals surface area contributed by atoms with Crippen LogP contribution in [0.15, 0.2) is 0 Å². The molecule has 0 aliphatic rings. The number of rotatable bonds is 67. The monoisotopic (exact) mass is 1220 g/mol. The average Bonchev–Trinajstić information content (AvgIpc) is 3.61. The lowest BCUT2D eigenvalue weighted by Gasteiger charge is -2.33. The molecule has 0 atom stereocenters. The maximum absolute atomic E-state index is 12.9. The largest absolute Gasteiger partial charge is 0.481 e. The Kier molecular flexibility index (Phi) is 56.4. The summed E-state index contributed by atoms with van der Waals surface area (Å²) in [6.07, 6.45) is -0.631.